The van der Waals surface area contributed by atoms with E-state index in [1.807, 2.05) is 0 Å². The molecule has 0 saturated carbocycles. The molecule has 1 aliphatic heterocycles. The van der Waals surface area contributed by atoms with Crippen molar-refractivity contribution in [3.05, 3.63) is 69.6 Å². The minimum atomic E-state index is -0.458. The summed E-state index contributed by atoms with van der Waals surface area (Å²) in [5, 5.41) is 18.7. The highest BCUT2D eigenvalue weighted by molar-refractivity contribution is 5.96. The molecule has 0 bridgehead atoms. The van der Waals surface area contributed by atoms with Gasteiger partial charge in [0, 0.05) is 24.0 Å². The lowest BCUT2D eigenvalue weighted by Gasteiger charge is -2.17. The van der Waals surface area contributed by atoms with E-state index in [-0.39, 0.29) is 11.1 Å². The Hall–Kier alpha value is -3.27. The molecular formula is C17H12F2N4O. The highest BCUT2D eigenvalue weighted by atomic mass is 19.1. The van der Waals surface area contributed by atoms with Crippen LogP contribution < -0.4 is 10.9 Å². The highest BCUT2D eigenvalue weighted by Gasteiger charge is 2.16. The van der Waals surface area contributed by atoms with Crippen LogP contribution in [-0.2, 0) is 6.42 Å². The van der Waals surface area contributed by atoms with Gasteiger partial charge in [-0.1, -0.05) is 12.1 Å². The van der Waals surface area contributed by atoms with Crippen molar-refractivity contribution >= 4 is 16.5 Å². The Labute approximate surface area is 135 Å². The number of H-pyrrole nitrogens is 1. The number of nitriles is 1. The Morgan fingerprint density at radius 2 is 2.00 bits per heavy atom. The first-order chi connectivity index (χ1) is 11.6. The number of benzene rings is 2. The topological polar surface area (TPSA) is 81.6 Å². The largest absolute Gasteiger partial charge is 0.384 e. The zero-order valence-corrected chi connectivity index (χ0v) is 12.4. The fourth-order valence-corrected chi connectivity index (χ4v) is 2.52. The molecule has 0 radical (unpaired) electrons. The van der Waals surface area contributed by atoms with Gasteiger partial charge in [0.15, 0.2) is 0 Å². The Kier molecular flexibility index (Phi) is 4.20. The number of hydrogen-bond donors (Lipinski definition) is 2. The van der Waals surface area contributed by atoms with Gasteiger partial charge in [-0.05, 0) is 24.3 Å². The maximum atomic E-state index is 13.2. The molecule has 0 fully saturated rings. The van der Waals surface area contributed by atoms with Crippen molar-refractivity contribution in [1.29, 1.82) is 5.26 Å². The molecule has 4 rings (SSSR count). The molecule has 2 N–H and O–H groups in total. The van der Waals surface area contributed by atoms with Gasteiger partial charge in [-0.2, -0.15) is 10.4 Å². The van der Waals surface area contributed by atoms with Crippen molar-refractivity contribution in [3.8, 4) is 6.07 Å². The molecule has 2 aromatic carbocycles. The van der Waals surface area contributed by atoms with Gasteiger partial charge < -0.3 is 5.32 Å². The van der Waals surface area contributed by atoms with Crippen LogP contribution in [0.25, 0.3) is 10.8 Å². The van der Waals surface area contributed by atoms with Gasteiger partial charge >= 0.3 is 0 Å². The number of hydrogen-bond acceptors (Lipinski definition) is 4. The SMILES string of the molecule is N#Cc1ccccc1F.O=c1[nH]nc2c3c(cc(F)cc13)NCC2. The average Bonchev–Trinajstić information content (AvgIpc) is 2.59. The third-order valence-corrected chi connectivity index (χ3v) is 3.60. The predicted molar refractivity (Wildman–Crippen MR) is 85.6 cm³/mol. The predicted octanol–water partition coefficient (Wildman–Crippen LogP) is 2.73. The van der Waals surface area contributed by atoms with Crippen LogP contribution in [0.3, 0.4) is 0 Å². The van der Waals surface area contributed by atoms with Crippen LogP contribution in [0, 0.1) is 23.0 Å². The molecular weight excluding hydrogens is 314 g/mol. The minimum absolute atomic E-state index is 0.0949. The summed E-state index contributed by atoms with van der Waals surface area (Å²) >= 11 is 0. The Balaban J connectivity index is 0.000000162. The number of anilines is 1. The number of aromatic amines is 1. The van der Waals surface area contributed by atoms with Gasteiger partial charge in [-0.15, -0.1) is 0 Å². The average molecular weight is 326 g/mol. The number of rotatable bonds is 0. The Morgan fingerprint density at radius 1 is 1.21 bits per heavy atom. The fourth-order valence-electron chi connectivity index (χ4n) is 2.52. The molecule has 0 aliphatic carbocycles. The molecule has 0 amide bonds. The lowest BCUT2D eigenvalue weighted by molar-refractivity contribution is 0.624. The standard InChI is InChI=1S/C10H8FN3O.C7H4FN/c11-5-3-6-9-7(13-14-10(6)15)1-2-12-8(9)4-5;8-7-4-2-1-3-6(7)5-9/h3-4,12H,1-2H2,(H,14,15);1-4H. The zero-order valence-electron chi connectivity index (χ0n) is 12.4. The smallest absolute Gasteiger partial charge is 0.272 e. The summed E-state index contributed by atoms with van der Waals surface area (Å²) in [6.45, 7) is 0.713. The molecule has 0 spiro atoms. The first-order valence-corrected chi connectivity index (χ1v) is 7.19. The van der Waals surface area contributed by atoms with Crippen molar-refractivity contribution in [1.82, 2.24) is 10.2 Å². The first kappa shape index (κ1) is 15.6. The summed E-state index contributed by atoms with van der Waals surface area (Å²) in [6, 6.07) is 10.2. The second-order valence-electron chi connectivity index (χ2n) is 5.14. The number of aromatic nitrogens is 2. The lowest BCUT2D eigenvalue weighted by atomic mass is 10.0. The summed E-state index contributed by atoms with van der Waals surface area (Å²) in [4.78, 5) is 11.5. The molecule has 24 heavy (non-hydrogen) atoms. The highest BCUT2D eigenvalue weighted by Crippen LogP contribution is 2.27. The Bertz CT molecular complexity index is 1010. The van der Waals surface area contributed by atoms with Crippen molar-refractivity contribution in [2.24, 2.45) is 0 Å². The van der Waals surface area contributed by atoms with Gasteiger partial charge in [-0.25, -0.2) is 13.9 Å². The number of nitrogens with zero attached hydrogens (tertiary/aromatic N) is 2. The molecule has 0 unspecified atom stereocenters. The third-order valence-electron chi connectivity index (χ3n) is 3.60. The van der Waals surface area contributed by atoms with Crippen LogP contribution in [0.1, 0.15) is 11.3 Å². The minimum Gasteiger partial charge on any atom is -0.384 e. The van der Waals surface area contributed by atoms with Crippen LogP contribution in [0.15, 0.2) is 41.2 Å². The molecule has 2 heterocycles. The van der Waals surface area contributed by atoms with Gasteiger partial charge in [0.05, 0.1) is 16.6 Å². The molecule has 5 nitrogen and oxygen atoms in total. The summed E-state index contributed by atoms with van der Waals surface area (Å²) in [6.07, 6.45) is 0.742. The zero-order chi connectivity index (χ0) is 17.1. The second-order valence-corrected chi connectivity index (χ2v) is 5.14. The van der Waals surface area contributed by atoms with Crippen molar-refractivity contribution in [3.63, 3.8) is 0 Å². The molecule has 0 atom stereocenters. The van der Waals surface area contributed by atoms with E-state index < -0.39 is 11.6 Å². The molecule has 1 aliphatic rings. The maximum Gasteiger partial charge on any atom is 0.272 e. The van der Waals surface area contributed by atoms with Gasteiger partial charge in [-0.3, -0.25) is 4.79 Å². The fraction of sp³-hybridized carbons (Fsp3) is 0.118. The first-order valence-electron chi connectivity index (χ1n) is 7.19. The van der Waals surface area contributed by atoms with E-state index in [0.717, 1.165) is 17.5 Å². The van der Waals surface area contributed by atoms with E-state index in [0.29, 0.717) is 17.6 Å². The summed E-state index contributed by atoms with van der Waals surface area (Å²) in [5.74, 6) is -0.866. The van der Waals surface area contributed by atoms with Crippen LogP contribution in [0.4, 0.5) is 14.5 Å². The lowest BCUT2D eigenvalue weighted by Crippen LogP contribution is -2.19. The summed E-state index contributed by atoms with van der Waals surface area (Å²) in [7, 11) is 0. The van der Waals surface area contributed by atoms with E-state index in [2.05, 4.69) is 15.5 Å². The molecule has 3 aromatic rings. The van der Waals surface area contributed by atoms with Crippen LogP contribution in [-0.4, -0.2) is 16.7 Å². The molecule has 1 aromatic heterocycles. The normalized spacial score (nSPS) is 11.9. The van der Waals surface area contributed by atoms with Crippen LogP contribution >= 0.6 is 0 Å². The van der Waals surface area contributed by atoms with E-state index in [1.54, 1.807) is 18.2 Å². The van der Waals surface area contributed by atoms with Crippen molar-refractivity contribution in [2.75, 3.05) is 11.9 Å². The number of nitrogens with one attached hydrogen (secondary N) is 2. The quantitative estimate of drug-likeness (QED) is 0.665. The molecule has 0 saturated heterocycles. The van der Waals surface area contributed by atoms with Gasteiger partial charge in [0.25, 0.3) is 5.56 Å². The third kappa shape index (κ3) is 2.94. The van der Waals surface area contributed by atoms with Gasteiger partial charge in [0.2, 0.25) is 0 Å². The van der Waals surface area contributed by atoms with Gasteiger partial charge in [0.1, 0.15) is 17.7 Å². The second kappa shape index (κ2) is 6.46. The van der Waals surface area contributed by atoms with Crippen molar-refractivity contribution in [2.45, 2.75) is 6.42 Å². The van der Waals surface area contributed by atoms with E-state index in [1.165, 1.54) is 24.3 Å². The molecule has 7 heteroatoms. The van der Waals surface area contributed by atoms with E-state index >= 15 is 0 Å². The summed E-state index contributed by atoms with van der Waals surface area (Å²) < 4.78 is 25.6. The molecule has 120 valence electrons. The van der Waals surface area contributed by atoms with E-state index in [9.17, 15) is 13.6 Å². The van der Waals surface area contributed by atoms with Crippen LogP contribution in [0.5, 0.6) is 0 Å². The number of halogens is 2. The van der Waals surface area contributed by atoms with Crippen molar-refractivity contribution < 1.29 is 8.78 Å². The monoisotopic (exact) mass is 326 g/mol. The van der Waals surface area contributed by atoms with Crippen LogP contribution in [0.2, 0.25) is 0 Å². The maximum absolute atomic E-state index is 13.2. The Morgan fingerprint density at radius 3 is 2.71 bits per heavy atom. The van der Waals surface area contributed by atoms with E-state index in [4.69, 9.17) is 5.26 Å². The summed E-state index contributed by atoms with van der Waals surface area (Å²) in [5.41, 5.74) is 1.22.